The molecule has 5 rings (SSSR count). The molecule has 6 nitrogen and oxygen atoms in total. The number of nitrogens with two attached hydrogens (primary N) is 1. The Hall–Kier alpha value is -3.24. The van der Waals surface area contributed by atoms with Crippen molar-refractivity contribution in [3.63, 3.8) is 0 Å². The van der Waals surface area contributed by atoms with E-state index in [9.17, 15) is 9.18 Å². The van der Waals surface area contributed by atoms with Crippen molar-refractivity contribution in [1.29, 1.82) is 0 Å². The van der Waals surface area contributed by atoms with Crippen molar-refractivity contribution in [3.8, 4) is 11.1 Å². The van der Waals surface area contributed by atoms with Crippen LogP contribution in [0.5, 0.6) is 0 Å². The fraction of sp³-hybridized carbons (Fsp3) is 0.323. The van der Waals surface area contributed by atoms with Gasteiger partial charge in [0, 0.05) is 34.1 Å². The van der Waals surface area contributed by atoms with Gasteiger partial charge in [0.2, 0.25) is 0 Å². The molecule has 1 amide bonds. The zero-order valence-electron chi connectivity index (χ0n) is 24.4. The summed E-state index contributed by atoms with van der Waals surface area (Å²) in [5.74, 6) is -0.503. The van der Waals surface area contributed by atoms with Gasteiger partial charge in [0.15, 0.2) is 0 Å². The van der Waals surface area contributed by atoms with Crippen molar-refractivity contribution in [2.24, 2.45) is 5.73 Å². The summed E-state index contributed by atoms with van der Waals surface area (Å²) in [6.07, 6.45) is 7.27. The summed E-state index contributed by atoms with van der Waals surface area (Å²) in [4.78, 5) is 14.7. The first-order valence-corrected chi connectivity index (χ1v) is 15.5. The van der Waals surface area contributed by atoms with Crippen LogP contribution in [0.25, 0.3) is 11.1 Å². The summed E-state index contributed by atoms with van der Waals surface area (Å²) in [6.45, 7) is 7.38. The molecule has 40 heavy (non-hydrogen) atoms. The van der Waals surface area contributed by atoms with Gasteiger partial charge in [-0.2, -0.15) is 0 Å². The Bertz CT molecular complexity index is 1230. The molecule has 2 heterocycles. The number of rotatable bonds is 5. The fourth-order valence-electron chi connectivity index (χ4n) is 4.07. The lowest BCUT2D eigenvalue weighted by Crippen LogP contribution is -2.32. The second kappa shape index (κ2) is 16.1. The standard InChI is InChI=1S/C24H23F2N3OS.C3H7N.C2H7N.C2H6/c1-31(29(26)28-14-2-3-15-28)22-13-12-21(16-23(22)31)27-24(30)19-6-4-17(5-7-19)18-8-10-20(25)11-9-18;1-2-3-4;1-3-2;1-2/h4-13,16H,2-3,14-15H2,1H3,(H,27,30);2-3H,4H2,1H3;3H,1-2H3;1-2H3/b;3-2+;;. The number of hydrogen-bond acceptors (Lipinski definition) is 5. The molecular weight excluding hydrogens is 528 g/mol. The lowest BCUT2D eigenvalue weighted by atomic mass is 10.0. The summed E-state index contributed by atoms with van der Waals surface area (Å²) in [6, 6.07) is 19.0. The summed E-state index contributed by atoms with van der Waals surface area (Å²) in [5.41, 5.74) is 7.83. The third-order valence-corrected chi connectivity index (χ3v) is 9.18. The van der Waals surface area contributed by atoms with Crippen molar-refractivity contribution >= 4 is 21.8 Å². The molecule has 1 atom stereocenters. The maximum atomic E-state index is 15.0. The molecular formula is C31H43F2N5OS. The average Bonchev–Trinajstić information content (AvgIpc) is 3.30. The Kier molecular flexibility index (Phi) is 13.3. The van der Waals surface area contributed by atoms with E-state index in [0.717, 1.165) is 51.5 Å². The highest BCUT2D eigenvalue weighted by atomic mass is 32.3. The second-order valence-corrected chi connectivity index (χ2v) is 11.9. The third-order valence-electron chi connectivity index (χ3n) is 6.14. The monoisotopic (exact) mass is 571 g/mol. The van der Waals surface area contributed by atoms with Crippen LogP contribution in [-0.2, 0) is 0 Å². The van der Waals surface area contributed by atoms with E-state index in [1.54, 1.807) is 35.4 Å². The third kappa shape index (κ3) is 8.14. The predicted molar refractivity (Wildman–Crippen MR) is 165 cm³/mol. The Morgan fingerprint density at radius 3 is 1.95 bits per heavy atom. The Balaban J connectivity index is 0.000000554. The maximum Gasteiger partial charge on any atom is 0.255 e. The number of nitrogens with one attached hydrogen (secondary N) is 2. The van der Waals surface area contributed by atoms with Gasteiger partial charge in [0.25, 0.3) is 5.91 Å². The minimum absolute atomic E-state index is 0.223. The largest absolute Gasteiger partial charge is 0.405 e. The highest BCUT2D eigenvalue weighted by Crippen LogP contribution is 2.79. The van der Waals surface area contributed by atoms with Gasteiger partial charge in [-0.25, -0.2) is 9.40 Å². The molecule has 3 aromatic rings. The molecule has 0 spiro atoms. The quantitative estimate of drug-likeness (QED) is 0.220. The SMILES string of the molecule is C/C=C/N.CC.CNC.CS1(N(F)N2CCCC2)c2ccc(NC(=O)c3ccc(-c4ccc(F)cc4)cc3)cc21. The van der Waals surface area contributed by atoms with Crippen LogP contribution in [0.3, 0.4) is 0 Å². The van der Waals surface area contributed by atoms with Gasteiger partial charge in [0.05, 0.1) is 0 Å². The van der Waals surface area contributed by atoms with Gasteiger partial charge >= 0.3 is 0 Å². The molecule has 3 aromatic carbocycles. The van der Waals surface area contributed by atoms with Crippen molar-refractivity contribution in [2.75, 3.05) is 38.8 Å². The van der Waals surface area contributed by atoms with Crippen LogP contribution in [0.1, 0.15) is 44.0 Å². The molecule has 1 unspecified atom stereocenters. The number of anilines is 1. The smallest absolute Gasteiger partial charge is 0.255 e. The van der Waals surface area contributed by atoms with E-state index in [2.05, 4.69) is 10.6 Å². The van der Waals surface area contributed by atoms with Crippen molar-refractivity contribution < 1.29 is 13.7 Å². The minimum atomic E-state index is -1.74. The predicted octanol–water partition coefficient (Wildman–Crippen LogP) is 7.36. The topological polar surface area (TPSA) is 73.6 Å². The number of nitrogens with zero attached hydrogens (tertiary/aromatic N) is 2. The first-order chi connectivity index (χ1) is 19.3. The second-order valence-electron chi connectivity index (χ2n) is 8.99. The van der Waals surface area contributed by atoms with Gasteiger partial charge in [-0.3, -0.25) is 4.79 Å². The number of carbonyl (C=O) groups is 1. The normalized spacial score (nSPS) is 18.6. The number of hydrogen-bond donors (Lipinski definition) is 3. The van der Waals surface area contributed by atoms with Crippen molar-refractivity contribution in [1.82, 2.24) is 15.0 Å². The Morgan fingerprint density at radius 1 is 0.950 bits per heavy atom. The van der Waals surface area contributed by atoms with Crippen molar-refractivity contribution in [3.05, 3.63) is 90.4 Å². The molecule has 0 bridgehead atoms. The first kappa shape index (κ1) is 33.0. The molecule has 0 saturated carbocycles. The molecule has 0 aromatic heterocycles. The number of carbonyl (C=O) groups excluding carboxylic acids is 1. The molecule has 9 heteroatoms. The van der Waals surface area contributed by atoms with E-state index in [1.807, 2.05) is 71.5 Å². The number of fused-ring (bicyclic) bond motifs is 1. The van der Waals surface area contributed by atoms with E-state index in [0.29, 0.717) is 11.3 Å². The molecule has 2 aliphatic rings. The number of benzene rings is 3. The van der Waals surface area contributed by atoms with E-state index in [1.165, 1.54) is 18.3 Å². The number of halogens is 2. The summed E-state index contributed by atoms with van der Waals surface area (Å²) in [5, 5.41) is 7.45. The van der Waals surface area contributed by atoms with Gasteiger partial charge in [-0.05, 0) is 105 Å². The van der Waals surface area contributed by atoms with Gasteiger partial charge < -0.3 is 16.4 Å². The Labute approximate surface area is 239 Å². The highest BCUT2D eigenvalue weighted by molar-refractivity contribution is 8.35. The number of amides is 1. The molecule has 0 aliphatic carbocycles. The van der Waals surface area contributed by atoms with Crippen molar-refractivity contribution in [2.45, 2.75) is 43.4 Å². The van der Waals surface area contributed by atoms with Gasteiger partial charge in [-0.1, -0.05) is 54.4 Å². The minimum Gasteiger partial charge on any atom is -0.405 e. The summed E-state index contributed by atoms with van der Waals surface area (Å²) in [7, 11) is 2.01. The maximum absolute atomic E-state index is 15.0. The van der Waals surface area contributed by atoms with E-state index >= 15 is 4.48 Å². The van der Waals surface area contributed by atoms with Gasteiger partial charge in [0.1, 0.15) is 5.82 Å². The van der Waals surface area contributed by atoms with E-state index in [4.69, 9.17) is 5.73 Å². The van der Waals surface area contributed by atoms with Crippen LogP contribution in [0.15, 0.2) is 88.8 Å². The zero-order chi connectivity index (χ0) is 29.7. The molecule has 218 valence electrons. The lowest BCUT2D eigenvalue weighted by Gasteiger charge is -2.31. The van der Waals surface area contributed by atoms with Crippen LogP contribution in [0, 0.1) is 5.82 Å². The lowest BCUT2D eigenvalue weighted by molar-refractivity contribution is -0.0619. The van der Waals surface area contributed by atoms with Crippen LogP contribution >= 0.6 is 10.2 Å². The number of hydrazine groups is 1. The molecule has 4 N–H and O–H groups in total. The zero-order valence-corrected chi connectivity index (χ0v) is 25.2. The molecule has 2 aliphatic heterocycles. The molecule has 1 fully saturated rings. The van der Waals surface area contributed by atoms with E-state index in [-0.39, 0.29) is 11.7 Å². The fourth-order valence-corrected chi connectivity index (χ4v) is 6.84. The average molecular weight is 572 g/mol. The van der Waals surface area contributed by atoms with Crippen LogP contribution in [-0.4, -0.2) is 49.0 Å². The first-order valence-electron chi connectivity index (χ1n) is 13.5. The molecule has 0 radical (unpaired) electrons. The van der Waals surface area contributed by atoms with Gasteiger partial charge in [-0.15, -0.1) is 4.48 Å². The van der Waals surface area contributed by atoms with Crippen LogP contribution < -0.4 is 16.4 Å². The van der Waals surface area contributed by atoms with E-state index < -0.39 is 10.2 Å². The molecule has 1 saturated heterocycles. The highest BCUT2D eigenvalue weighted by Gasteiger charge is 2.50. The van der Waals surface area contributed by atoms with Crippen LogP contribution in [0.2, 0.25) is 0 Å². The summed E-state index contributed by atoms with van der Waals surface area (Å²) >= 11 is 0. The summed E-state index contributed by atoms with van der Waals surface area (Å²) < 4.78 is 29.1. The number of allylic oxidation sites excluding steroid dienone is 1. The van der Waals surface area contributed by atoms with Crippen LogP contribution in [0.4, 0.5) is 14.6 Å². The Morgan fingerprint density at radius 2 is 1.45 bits per heavy atom.